The summed E-state index contributed by atoms with van der Waals surface area (Å²) in [6.45, 7) is 13.6. The molecular weight excluding hydrogens is 288 g/mol. The van der Waals surface area contributed by atoms with Crippen LogP contribution in [-0.2, 0) is 6.42 Å². The monoisotopic (exact) mass is 317 g/mol. The van der Waals surface area contributed by atoms with Crippen LogP contribution >= 0.6 is 0 Å². The first kappa shape index (κ1) is 17.0. The second-order valence-electron chi connectivity index (χ2n) is 7.69. The Labute approximate surface area is 147 Å². The lowest BCUT2D eigenvalue weighted by Gasteiger charge is -2.18. The smallest absolute Gasteiger partial charge is 0.0161 e. The van der Waals surface area contributed by atoms with E-state index in [0.717, 1.165) is 6.42 Å². The van der Waals surface area contributed by atoms with Crippen LogP contribution in [-0.4, -0.2) is 0 Å². The topological polar surface area (TPSA) is 0 Å². The molecule has 3 rings (SSSR count). The van der Waals surface area contributed by atoms with E-state index in [-0.39, 0.29) is 0 Å². The number of hydrogen-bond donors (Lipinski definition) is 0. The van der Waals surface area contributed by atoms with Crippen LogP contribution in [0.2, 0.25) is 0 Å². The molecule has 0 nitrogen and oxygen atoms in total. The quantitative estimate of drug-likeness (QED) is 0.562. The van der Waals surface area contributed by atoms with Crippen LogP contribution in [0.4, 0.5) is 0 Å². The lowest BCUT2D eigenvalue weighted by Crippen LogP contribution is -1.99. The van der Waals surface area contributed by atoms with E-state index in [9.17, 15) is 0 Å². The predicted molar refractivity (Wildman–Crippen MR) is 106 cm³/mol. The largest absolute Gasteiger partial charge is 0.0642 e. The van der Waals surface area contributed by atoms with Crippen molar-refractivity contribution in [3.63, 3.8) is 0 Å². The molecule has 0 unspecified atom stereocenters. The van der Waals surface area contributed by atoms with Crippen LogP contribution in [0.1, 0.15) is 81.2 Å². The second kappa shape index (κ2) is 6.59. The van der Waals surface area contributed by atoms with Crippen molar-refractivity contribution in [3.05, 3.63) is 70.1 Å². The molecule has 0 heteroatoms. The number of aryl methyl sites for hydroxylation is 1. The van der Waals surface area contributed by atoms with Crippen LogP contribution in [0.5, 0.6) is 0 Å². The molecule has 1 aliphatic rings. The Morgan fingerprint density at radius 1 is 0.875 bits per heavy atom. The first-order chi connectivity index (χ1) is 11.4. The fourth-order valence-corrected chi connectivity index (χ4v) is 3.60. The molecular formula is C24H29. The minimum Gasteiger partial charge on any atom is -0.0642 e. The standard InChI is InChI=1S/C24H29/c1-7-18-8-9-19-10-17(6)11-23(19)24(18)22-13-20(15(2)3)12-21(14-22)16(4)5/h8-16H,7H2,1-6H3. The highest BCUT2D eigenvalue weighted by molar-refractivity contribution is 5.85. The Bertz CT molecular complexity index is 762. The number of allylic oxidation sites excluding steroid dienone is 1. The molecule has 0 bridgehead atoms. The van der Waals surface area contributed by atoms with Gasteiger partial charge in [-0.1, -0.05) is 76.6 Å². The van der Waals surface area contributed by atoms with Crippen molar-refractivity contribution in [1.82, 2.24) is 0 Å². The molecule has 0 fully saturated rings. The molecule has 0 aromatic heterocycles. The summed E-state index contributed by atoms with van der Waals surface area (Å²) < 4.78 is 0. The average Bonchev–Trinajstić information content (AvgIpc) is 2.93. The summed E-state index contributed by atoms with van der Waals surface area (Å²) in [7, 11) is 0. The minimum absolute atomic E-state index is 0.549. The van der Waals surface area contributed by atoms with Crippen molar-refractivity contribution in [3.8, 4) is 11.1 Å². The maximum Gasteiger partial charge on any atom is 0.0161 e. The molecule has 0 atom stereocenters. The van der Waals surface area contributed by atoms with Gasteiger partial charge in [-0.25, -0.2) is 0 Å². The summed E-state index contributed by atoms with van der Waals surface area (Å²) in [5, 5.41) is 0. The van der Waals surface area contributed by atoms with E-state index in [1.807, 2.05) is 0 Å². The number of rotatable bonds is 4. The molecule has 125 valence electrons. The highest BCUT2D eigenvalue weighted by Gasteiger charge is 2.19. The Morgan fingerprint density at radius 2 is 1.50 bits per heavy atom. The van der Waals surface area contributed by atoms with E-state index >= 15 is 0 Å². The summed E-state index contributed by atoms with van der Waals surface area (Å²) >= 11 is 0. The van der Waals surface area contributed by atoms with Gasteiger partial charge in [0, 0.05) is 6.42 Å². The fourth-order valence-electron chi connectivity index (χ4n) is 3.60. The van der Waals surface area contributed by atoms with Gasteiger partial charge in [-0.15, -0.1) is 0 Å². The average molecular weight is 317 g/mol. The maximum absolute atomic E-state index is 2.41. The highest BCUT2D eigenvalue weighted by Crippen LogP contribution is 2.39. The van der Waals surface area contributed by atoms with Gasteiger partial charge < -0.3 is 0 Å². The number of fused-ring (bicyclic) bond motifs is 1. The van der Waals surface area contributed by atoms with Crippen LogP contribution in [0.3, 0.4) is 0 Å². The van der Waals surface area contributed by atoms with Gasteiger partial charge in [0.15, 0.2) is 0 Å². The molecule has 24 heavy (non-hydrogen) atoms. The van der Waals surface area contributed by atoms with E-state index in [1.165, 1.54) is 44.5 Å². The summed E-state index contributed by atoms with van der Waals surface area (Å²) in [4.78, 5) is 0. The Balaban J connectivity index is 2.28. The van der Waals surface area contributed by atoms with Crippen molar-refractivity contribution in [2.75, 3.05) is 0 Å². The lowest BCUT2D eigenvalue weighted by atomic mass is 9.86. The highest BCUT2D eigenvalue weighted by atomic mass is 14.2. The molecule has 0 aliphatic heterocycles. The Kier molecular flexibility index (Phi) is 4.67. The Morgan fingerprint density at radius 3 is 2.04 bits per heavy atom. The SMILES string of the molecule is CCc1ccc2c(c1-c1cc(C(C)C)cc(C(C)C)c1)C=C(C)[CH]2. The molecule has 2 aromatic carbocycles. The van der Waals surface area contributed by atoms with Gasteiger partial charge in [0.2, 0.25) is 0 Å². The molecule has 1 radical (unpaired) electrons. The van der Waals surface area contributed by atoms with Crippen LogP contribution in [0, 0.1) is 6.42 Å². The molecule has 0 heterocycles. The normalized spacial score (nSPS) is 13.6. The van der Waals surface area contributed by atoms with Gasteiger partial charge >= 0.3 is 0 Å². The van der Waals surface area contributed by atoms with Crippen molar-refractivity contribution in [1.29, 1.82) is 0 Å². The van der Waals surface area contributed by atoms with Crippen molar-refractivity contribution in [2.24, 2.45) is 0 Å². The first-order valence-electron chi connectivity index (χ1n) is 9.24. The number of benzene rings is 2. The van der Waals surface area contributed by atoms with Crippen LogP contribution in [0.15, 0.2) is 35.9 Å². The molecule has 0 saturated carbocycles. The first-order valence-corrected chi connectivity index (χ1v) is 9.24. The third-order valence-corrected chi connectivity index (χ3v) is 5.10. The third-order valence-electron chi connectivity index (χ3n) is 5.10. The van der Waals surface area contributed by atoms with Gasteiger partial charge in [-0.3, -0.25) is 0 Å². The zero-order chi connectivity index (χ0) is 17.4. The summed E-state index contributed by atoms with van der Waals surface area (Å²) in [6, 6.07) is 11.8. The van der Waals surface area contributed by atoms with Crippen LogP contribution in [0.25, 0.3) is 17.2 Å². The minimum atomic E-state index is 0.549. The fraction of sp³-hybridized carbons (Fsp3) is 0.375. The second-order valence-corrected chi connectivity index (χ2v) is 7.69. The molecule has 0 amide bonds. The zero-order valence-corrected chi connectivity index (χ0v) is 15.9. The van der Waals surface area contributed by atoms with E-state index in [4.69, 9.17) is 0 Å². The van der Waals surface area contributed by atoms with E-state index in [0.29, 0.717) is 11.8 Å². The van der Waals surface area contributed by atoms with E-state index in [1.54, 1.807) is 0 Å². The van der Waals surface area contributed by atoms with Gasteiger partial charge in [0.25, 0.3) is 0 Å². The van der Waals surface area contributed by atoms with E-state index in [2.05, 4.69) is 84.4 Å². The third kappa shape index (κ3) is 3.07. The molecule has 0 spiro atoms. The van der Waals surface area contributed by atoms with Gasteiger partial charge in [0.1, 0.15) is 0 Å². The predicted octanol–water partition coefficient (Wildman–Crippen LogP) is 7.13. The Hall–Kier alpha value is -1.82. The van der Waals surface area contributed by atoms with Gasteiger partial charge in [-0.2, -0.15) is 0 Å². The van der Waals surface area contributed by atoms with Crippen molar-refractivity contribution in [2.45, 2.75) is 59.8 Å². The lowest BCUT2D eigenvalue weighted by molar-refractivity contribution is 0.834. The summed E-state index contributed by atoms with van der Waals surface area (Å²) in [6.07, 6.45) is 5.72. The molecule has 0 N–H and O–H groups in total. The van der Waals surface area contributed by atoms with E-state index < -0.39 is 0 Å². The zero-order valence-electron chi connectivity index (χ0n) is 15.9. The van der Waals surface area contributed by atoms with Gasteiger partial charge in [0.05, 0.1) is 0 Å². The number of hydrogen-bond acceptors (Lipinski definition) is 0. The van der Waals surface area contributed by atoms with Crippen LogP contribution < -0.4 is 0 Å². The molecule has 0 saturated heterocycles. The van der Waals surface area contributed by atoms with Crippen molar-refractivity contribution < 1.29 is 0 Å². The molecule has 1 aliphatic carbocycles. The summed E-state index contributed by atoms with van der Waals surface area (Å²) in [5.74, 6) is 1.10. The van der Waals surface area contributed by atoms with Gasteiger partial charge in [-0.05, 0) is 64.1 Å². The van der Waals surface area contributed by atoms with Crippen molar-refractivity contribution >= 4 is 6.08 Å². The molecule has 2 aromatic rings. The summed E-state index contributed by atoms with van der Waals surface area (Å²) in [5.41, 5.74) is 11.3. The maximum atomic E-state index is 2.41.